The summed E-state index contributed by atoms with van der Waals surface area (Å²) in [6.07, 6.45) is -0.573. The first kappa shape index (κ1) is 31.3. The van der Waals surface area contributed by atoms with Crippen molar-refractivity contribution in [3.8, 4) is 5.75 Å². The van der Waals surface area contributed by atoms with Crippen LogP contribution in [0, 0.1) is 6.92 Å². The molecule has 41 heavy (non-hydrogen) atoms. The van der Waals surface area contributed by atoms with Crippen molar-refractivity contribution >= 4 is 45.4 Å². The fraction of sp³-hybridized carbons (Fsp3) is 0.214. The molecule has 0 spiro atoms. The molecule has 0 radical (unpaired) electrons. The number of hydrogen-bond donors (Lipinski definition) is 5. The lowest BCUT2D eigenvalue weighted by Gasteiger charge is -2.16. The number of Topliss-reactive ketones (excluding diaryl/α,β-unsaturated/α-hetero) is 1. The number of aliphatic carboxylic acids is 1. The lowest BCUT2D eigenvalue weighted by Crippen LogP contribution is -2.43. The van der Waals surface area contributed by atoms with Crippen molar-refractivity contribution in [3.05, 3.63) is 94.5 Å². The molecule has 0 fully saturated rings. The number of aromatic hydroxyl groups is 1. The van der Waals surface area contributed by atoms with E-state index in [0.717, 1.165) is 29.3 Å². The summed E-state index contributed by atoms with van der Waals surface area (Å²) in [5, 5.41) is 30.4. The van der Waals surface area contributed by atoms with Crippen molar-refractivity contribution in [1.82, 2.24) is 10.0 Å². The quantitative estimate of drug-likeness (QED) is 0.184. The minimum Gasteiger partial charge on any atom is -0.507 e. The second kappa shape index (κ2) is 13.9. The van der Waals surface area contributed by atoms with Gasteiger partial charge in [-0.1, -0.05) is 42.0 Å². The second-order valence-electron chi connectivity index (χ2n) is 9.07. The molecule has 13 heteroatoms. The van der Waals surface area contributed by atoms with Crippen LogP contribution >= 0.6 is 11.8 Å². The van der Waals surface area contributed by atoms with Crippen molar-refractivity contribution in [3.63, 3.8) is 0 Å². The molecule has 11 nitrogen and oxygen atoms in total. The van der Waals surface area contributed by atoms with Gasteiger partial charge in [0.1, 0.15) is 11.3 Å². The Bertz CT molecular complexity index is 1540. The highest BCUT2D eigenvalue weighted by molar-refractivity contribution is 7.99. The summed E-state index contributed by atoms with van der Waals surface area (Å²) < 4.78 is 27.5. The van der Waals surface area contributed by atoms with Crippen molar-refractivity contribution in [1.29, 1.82) is 0 Å². The summed E-state index contributed by atoms with van der Waals surface area (Å²) in [6, 6.07) is 15.2. The largest absolute Gasteiger partial charge is 0.507 e. The van der Waals surface area contributed by atoms with Crippen molar-refractivity contribution in [2.24, 2.45) is 0 Å². The average Bonchev–Trinajstić information content (AvgIpc) is 2.92. The highest BCUT2D eigenvalue weighted by atomic mass is 32.2. The minimum absolute atomic E-state index is 0.0141. The molecule has 3 aromatic rings. The fourth-order valence-electron chi connectivity index (χ4n) is 3.61. The number of carbonyl (C=O) groups is 4. The van der Waals surface area contributed by atoms with Crippen molar-refractivity contribution in [2.45, 2.75) is 36.6 Å². The Morgan fingerprint density at radius 2 is 1.54 bits per heavy atom. The van der Waals surface area contributed by atoms with E-state index < -0.39 is 57.4 Å². The number of sulfonamides is 1. The number of ketones is 1. The van der Waals surface area contributed by atoms with Crippen LogP contribution < -0.4 is 10.0 Å². The molecule has 0 heterocycles. The standard InChI is InChI=1S/C28H28N2O9S2/c1-17-2-4-19(5-3-17)15-40-16-25(32)23(13-26(33)34)30-27(35)20-8-6-18(7-9-20)14-29-41(38,39)21-10-11-24(31)22(12-21)28(36)37/h2-12,23,29,31H,13-16H2,1H3,(H,30,35)(H,33,34)(H,36,37)/t23-/m0/s1. The zero-order valence-electron chi connectivity index (χ0n) is 21.9. The van der Waals surface area contributed by atoms with Crippen LogP contribution in [0.25, 0.3) is 0 Å². The van der Waals surface area contributed by atoms with E-state index in [4.69, 9.17) is 5.11 Å². The van der Waals surface area contributed by atoms with E-state index >= 15 is 0 Å². The van der Waals surface area contributed by atoms with Gasteiger partial charge in [-0.05, 0) is 48.4 Å². The Labute approximate surface area is 240 Å². The van der Waals surface area contributed by atoms with Crippen molar-refractivity contribution < 1.29 is 42.9 Å². The van der Waals surface area contributed by atoms with E-state index in [9.17, 15) is 37.8 Å². The Hall–Kier alpha value is -4.20. The predicted molar refractivity (Wildman–Crippen MR) is 151 cm³/mol. The fourth-order valence-corrected chi connectivity index (χ4v) is 5.58. The molecule has 216 valence electrons. The summed E-state index contributed by atoms with van der Waals surface area (Å²) >= 11 is 1.32. The molecular weight excluding hydrogens is 572 g/mol. The third-order valence-electron chi connectivity index (χ3n) is 5.90. The first-order valence-corrected chi connectivity index (χ1v) is 14.8. The SMILES string of the molecule is Cc1ccc(CSCC(=O)[C@H](CC(=O)O)NC(=O)c2ccc(CNS(=O)(=O)c3ccc(O)c(C(=O)O)c3)cc2)cc1. The third kappa shape index (κ3) is 9.17. The van der Waals surface area contributed by atoms with Gasteiger partial charge in [-0.15, -0.1) is 11.8 Å². The first-order valence-electron chi connectivity index (χ1n) is 12.2. The van der Waals surface area contributed by atoms with Crippen LogP contribution in [0.15, 0.2) is 71.6 Å². The number of benzene rings is 3. The van der Waals surface area contributed by atoms with Gasteiger partial charge in [0, 0.05) is 17.9 Å². The molecule has 0 aliphatic heterocycles. The van der Waals surface area contributed by atoms with E-state index in [1.54, 1.807) is 0 Å². The maximum Gasteiger partial charge on any atom is 0.339 e. The van der Waals surface area contributed by atoms with E-state index in [0.29, 0.717) is 11.3 Å². The van der Waals surface area contributed by atoms with E-state index in [1.807, 2.05) is 31.2 Å². The molecule has 0 aromatic heterocycles. The predicted octanol–water partition coefficient (Wildman–Crippen LogP) is 2.95. The molecule has 3 rings (SSSR count). The third-order valence-corrected chi connectivity index (χ3v) is 8.32. The number of carboxylic acids is 2. The van der Waals surface area contributed by atoms with Crippen LogP contribution in [0.4, 0.5) is 0 Å². The van der Waals surface area contributed by atoms with Gasteiger partial charge in [0.05, 0.1) is 23.1 Å². The number of aromatic carboxylic acids is 1. The molecule has 0 aliphatic carbocycles. The maximum atomic E-state index is 12.8. The molecular formula is C28H28N2O9S2. The summed E-state index contributed by atoms with van der Waals surface area (Å²) in [4.78, 5) is 47.6. The van der Waals surface area contributed by atoms with Crippen LogP contribution in [-0.2, 0) is 31.9 Å². The number of rotatable bonds is 14. The van der Waals surface area contributed by atoms with Crippen LogP contribution in [-0.4, -0.2) is 59.2 Å². The molecule has 0 unspecified atom stereocenters. The van der Waals surface area contributed by atoms with Gasteiger partial charge in [0.2, 0.25) is 10.0 Å². The summed E-state index contributed by atoms with van der Waals surface area (Å²) in [5.74, 6) is -3.81. The lowest BCUT2D eigenvalue weighted by atomic mass is 10.1. The zero-order chi connectivity index (χ0) is 30.2. The Balaban J connectivity index is 1.59. The summed E-state index contributed by atoms with van der Waals surface area (Å²) in [6.45, 7) is 1.78. The van der Waals surface area contributed by atoms with Crippen LogP contribution in [0.2, 0.25) is 0 Å². The molecule has 1 atom stereocenters. The van der Waals surface area contributed by atoms with E-state index in [-0.39, 0.29) is 22.8 Å². The lowest BCUT2D eigenvalue weighted by molar-refractivity contribution is -0.139. The molecule has 5 N–H and O–H groups in total. The molecule has 3 aromatic carbocycles. The van der Waals surface area contributed by atoms with Gasteiger partial charge in [0.25, 0.3) is 5.91 Å². The smallest absolute Gasteiger partial charge is 0.339 e. The average molecular weight is 601 g/mol. The second-order valence-corrected chi connectivity index (χ2v) is 11.8. The van der Waals surface area contributed by atoms with Crippen molar-refractivity contribution in [2.75, 3.05) is 5.75 Å². The Morgan fingerprint density at radius 3 is 2.15 bits per heavy atom. The highest BCUT2D eigenvalue weighted by Crippen LogP contribution is 2.21. The van der Waals surface area contributed by atoms with Gasteiger partial charge >= 0.3 is 11.9 Å². The molecule has 0 aliphatic rings. The first-order chi connectivity index (χ1) is 19.4. The van der Waals surface area contributed by atoms with E-state index in [1.165, 1.54) is 36.0 Å². The molecule has 0 saturated carbocycles. The Kier molecular flexibility index (Phi) is 10.6. The van der Waals surface area contributed by atoms with E-state index in [2.05, 4.69) is 10.0 Å². The Morgan fingerprint density at radius 1 is 0.902 bits per heavy atom. The zero-order valence-corrected chi connectivity index (χ0v) is 23.5. The molecule has 1 amide bonds. The van der Waals surface area contributed by atoms with Gasteiger partial charge in [0.15, 0.2) is 5.78 Å². The van der Waals surface area contributed by atoms with Crippen LogP contribution in [0.3, 0.4) is 0 Å². The summed E-state index contributed by atoms with van der Waals surface area (Å²) in [7, 11) is -4.12. The number of hydrogen-bond acceptors (Lipinski definition) is 8. The molecule has 0 saturated heterocycles. The highest BCUT2D eigenvalue weighted by Gasteiger charge is 2.24. The minimum atomic E-state index is -4.12. The number of nitrogens with one attached hydrogen (secondary N) is 2. The maximum absolute atomic E-state index is 12.8. The van der Waals surface area contributed by atoms with Gasteiger partial charge < -0.3 is 20.6 Å². The number of carbonyl (C=O) groups excluding carboxylic acids is 2. The summed E-state index contributed by atoms with van der Waals surface area (Å²) in [5.41, 5.74) is 2.17. The monoisotopic (exact) mass is 600 g/mol. The topological polar surface area (TPSA) is 187 Å². The normalized spacial score (nSPS) is 11.9. The van der Waals surface area contributed by atoms with Gasteiger partial charge in [-0.2, -0.15) is 0 Å². The number of carboxylic acid groups (broad SMARTS) is 2. The number of thioether (sulfide) groups is 1. The van der Waals surface area contributed by atoms with Gasteiger partial charge in [-0.25, -0.2) is 17.9 Å². The van der Waals surface area contributed by atoms with Gasteiger partial charge in [-0.3, -0.25) is 14.4 Å². The number of phenols is 1. The number of aryl methyl sites for hydroxylation is 1. The number of amides is 1. The van der Waals surface area contributed by atoms with Crippen LogP contribution in [0.5, 0.6) is 5.75 Å². The molecule has 0 bridgehead atoms. The van der Waals surface area contributed by atoms with Crippen LogP contribution in [0.1, 0.15) is 43.8 Å².